The third-order valence-electron chi connectivity index (χ3n) is 3.65. The van der Waals surface area contributed by atoms with Gasteiger partial charge in [0.25, 0.3) is 0 Å². The molecule has 0 bridgehead atoms. The van der Waals surface area contributed by atoms with E-state index < -0.39 is 5.41 Å². The molecule has 0 aliphatic carbocycles. The molecule has 0 aliphatic rings. The van der Waals surface area contributed by atoms with Crippen LogP contribution < -0.4 is 4.74 Å². The summed E-state index contributed by atoms with van der Waals surface area (Å²) in [6, 6.07) is 5.56. The van der Waals surface area contributed by atoms with Crippen molar-refractivity contribution >= 4 is 17.1 Å². The van der Waals surface area contributed by atoms with Crippen molar-refractivity contribution in [3.05, 3.63) is 35.4 Å². The Labute approximate surface area is 133 Å². The molecule has 0 saturated carbocycles. The molecule has 0 heterocycles. The molecule has 0 radical (unpaired) electrons. The first-order chi connectivity index (χ1) is 10.2. The molecule has 0 spiro atoms. The van der Waals surface area contributed by atoms with E-state index in [9.17, 15) is 9.59 Å². The Bertz CT molecular complexity index is 589. The monoisotopic (exact) mass is 302 g/mol. The zero-order valence-corrected chi connectivity index (χ0v) is 14.4. The van der Waals surface area contributed by atoms with Crippen molar-refractivity contribution in [2.45, 2.75) is 48.0 Å². The van der Waals surface area contributed by atoms with E-state index in [4.69, 9.17) is 4.74 Å². The largest absolute Gasteiger partial charge is 0.485 e. The van der Waals surface area contributed by atoms with Gasteiger partial charge in [-0.1, -0.05) is 39.8 Å². The molecule has 1 rings (SSSR count). The highest BCUT2D eigenvalue weighted by atomic mass is 16.5. The van der Waals surface area contributed by atoms with E-state index in [-0.39, 0.29) is 18.2 Å². The van der Waals surface area contributed by atoms with Crippen LogP contribution in [0.5, 0.6) is 5.75 Å². The predicted molar refractivity (Wildman–Crippen MR) is 90.3 cm³/mol. The molecule has 1 aromatic carbocycles. The van der Waals surface area contributed by atoms with Crippen LogP contribution in [0.25, 0.3) is 5.57 Å². The van der Waals surface area contributed by atoms with Gasteiger partial charge in [0.1, 0.15) is 12.4 Å². The standard InChI is InChI=1S/C19H26O3/c1-7-14(8-2)15-9-10-17(16(11-15)13(3)20)22-12-18(21)19(4,5)6/h7,9-11H,8,12H2,1-6H3. The van der Waals surface area contributed by atoms with Crippen molar-refractivity contribution in [3.8, 4) is 5.75 Å². The molecule has 0 atom stereocenters. The summed E-state index contributed by atoms with van der Waals surface area (Å²) in [5.74, 6) is 0.417. The van der Waals surface area contributed by atoms with E-state index in [1.165, 1.54) is 12.5 Å². The van der Waals surface area contributed by atoms with Gasteiger partial charge in [-0.05, 0) is 43.5 Å². The lowest BCUT2D eigenvalue weighted by Gasteiger charge is -2.18. The Kier molecular flexibility index (Phi) is 6.10. The summed E-state index contributed by atoms with van der Waals surface area (Å²) in [6.45, 7) is 11.1. The van der Waals surface area contributed by atoms with E-state index >= 15 is 0 Å². The van der Waals surface area contributed by atoms with Gasteiger partial charge in [-0.25, -0.2) is 0 Å². The van der Waals surface area contributed by atoms with Crippen molar-refractivity contribution in [2.75, 3.05) is 6.61 Å². The van der Waals surface area contributed by atoms with Crippen molar-refractivity contribution in [2.24, 2.45) is 5.41 Å². The first-order valence-electron chi connectivity index (χ1n) is 7.67. The third kappa shape index (κ3) is 4.55. The Morgan fingerprint density at radius 2 is 1.86 bits per heavy atom. The molecule has 1 aromatic rings. The molecule has 0 unspecified atom stereocenters. The van der Waals surface area contributed by atoms with Crippen LogP contribution in [0.1, 0.15) is 63.9 Å². The van der Waals surface area contributed by atoms with Gasteiger partial charge < -0.3 is 4.74 Å². The summed E-state index contributed by atoms with van der Waals surface area (Å²) in [4.78, 5) is 23.8. The van der Waals surface area contributed by atoms with E-state index in [1.54, 1.807) is 6.07 Å². The molecular weight excluding hydrogens is 276 g/mol. The lowest BCUT2D eigenvalue weighted by Crippen LogP contribution is -2.26. The third-order valence-corrected chi connectivity index (χ3v) is 3.65. The number of allylic oxidation sites excluding steroid dienone is 2. The Hall–Kier alpha value is -1.90. The minimum Gasteiger partial charge on any atom is -0.485 e. The number of ketones is 2. The molecule has 0 fully saturated rings. The summed E-state index contributed by atoms with van der Waals surface area (Å²) in [7, 11) is 0. The average Bonchev–Trinajstić information content (AvgIpc) is 2.45. The summed E-state index contributed by atoms with van der Waals surface area (Å²) < 4.78 is 5.60. The van der Waals surface area contributed by atoms with E-state index in [1.807, 2.05) is 45.9 Å². The number of hydrogen-bond acceptors (Lipinski definition) is 3. The highest BCUT2D eigenvalue weighted by Gasteiger charge is 2.22. The maximum absolute atomic E-state index is 12.0. The highest BCUT2D eigenvalue weighted by Crippen LogP contribution is 2.27. The normalized spacial score (nSPS) is 12.2. The average molecular weight is 302 g/mol. The van der Waals surface area contributed by atoms with Gasteiger partial charge in [0.2, 0.25) is 0 Å². The second kappa shape index (κ2) is 7.39. The molecule has 0 N–H and O–H groups in total. The maximum Gasteiger partial charge on any atom is 0.175 e. The zero-order valence-electron chi connectivity index (χ0n) is 14.4. The predicted octanol–water partition coefficient (Wildman–Crippen LogP) is 4.70. The summed E-state index contributed by atoms with van der Waals surface area (Å²) in [5, 5.41) is 0. The molecule has 0 amide bonds. The van der Waals surface area contributed by atoms with E-state index in [0.29, 0.717) is 11.3 Å². The number of hydrogen-bond donors (Lipinski definition) is 0. The first-order valence-corrected chi connectivity index (χ1v) is 7.67. The Balaban J connectivity index is 3.06. The fraction of sp³-hybridized carbons (Fsp3) is 0.474. The number of carbonyl (C=O) groups excluding carboxylic acids is 2. The van der Waals surface area contributed by atoms with Gasteiger partial charge in [0, 0.05) is 5.41 Å². The number of ether oxygens (including phenoxy) is 1. The Morgan fingerprint density at radius 1 is 1.23 bits per heavy atom. The number of carbonyl (C=O) groups is 2. The summed E-state index contributed by atoms with van der Waals surface area (Å²) in [5.41, 5.74) is 2.27. The number of benzene rings is 1. The van der Waals surface area contributed by atoms with E-state index in [2.05, 4.69) is 6.92 Å². The molecule has 3 nitrogen and oxygen atoms in total. The van der Waals surface area contributed by atoms with Gasteiger partial charge in [-0.3, -0.25) is 9.59 Å². The van der Waals surface area contributed by atoms with Gasteiger partial charge in [0.05, 0.1) is 5.56 Å². The summed E-state index contributed by atoms with van der Waals surface area (Å²) in [6.07, 6.45) is 2.94. The lowest BCUT2D eigenvalue weighted by molar-refractivity contribution is -0.128. The minimum absolute atomic E-state index is 0.00813. The summed E-state index contributed by atoms with van der Waals surface area (Å²) >= 11 is 0. The van der Waals surface area contributed by atoms with Gasteiger partial charge in [0.15, 0.2) is 11.6 Å². The van der Waals surface area contributed by atoms with Crippen molar-refractivity contribution < 1.29 is 14.3 Å². The smallest absolute Gasteiger partial charge is 0.175 e. The van der Waals surface area contributed by atoms with Crippen LogP contribution in [0.2, 0.25) is 0 Å². The fourth-order valence-corrected chi connectivity index (χ4v) is 2.07. The SMILES string of the molecule is CC=C(CC)c1ccc(OCC(=O)C(C)(C)C)c(C(C)=O)c1. The van der Waals surface area contributed by atoms with Gasteiger partial charge in [-0.15, -0.1) is 0 Å². The quantitative estimate of drug-likeness (QED) is 0.716. The van der Waals surface area contributed by atoms with Crippen LogP contribution in [-0.4, -0.2) is 18.2 Å². The van der Waals surface area contributed by atoms with Crippen LogP contribution >= 0.6 is 0 Å². The molecular formula is C19H26O3. The van der Waals surface area contributed by atoms with E-state index in [0.717, 1.165) is 12.0 Å². The fourth-order valence-electron chi connectivity index (χ4n) is 2.07. The molecule has 22 heavy (non-hydrogen) atoms. The van der Waals surface area contributed by atoms with Crippen LogP contribution in [0.4, 0.5) is 0 Å². The highest BCUT2D eigenvalue weighted by molar-refractivity contribution is 5.98. The second-order valence-electron chi connectivity index (χ2n) is 6.40. The van der Waals surface area contributed by atoms with Crippen LogP contribution in [-0.2, 0) is 4.79 Å². The van der Waals surface area contributed by atoms with Gasteiger partial charge >= 0.3 is 0 Å². The lowest BCUT2D eigenvalue weighted by atomic mass is 9.91. The first kappa shape index (κ1) is 18.1. The second-order valence-corrected chi connectivity index (χ2v) is 6.40. The van der Waals surface area contributed by atoms with Crippen LogP contribution in [0.3, 0.4) is 0 Å². The van der Waals surface area contributed by atoms with Crippen LogP contribution in [0.15, 0.2) is 24.3 Å². The topological polar surface area (TPSA) is 43.4 Å². The minimum atomic E-state index is -0.448. The Morgan fingerprint density at radius 3 is 2.32 bits per heavy atom. The maximum atomic E-state index is 12.0. The molecule has 0 aliphatic heterocycles. The number of Topliss-reactive ketones (excluding diaryl/α,β-unsaturated/α-hetero) is 2. The van der Waals surface area contributed by atoms with Crippen molar-refractivity contribution in [1.82, 2.24) is 0 Å². The molecule has 120 valence electrons. The molecule has 3 heteroatoms. The zero-order chi connectivity index (χ0) is 16.9. The number of rotatable bonds is 6. The van der Waals surface area contributed by atoms with Crippen molar-refractivity contribution in [1.29, 1.82) is 0 Å². The van der Waals surface area contributed by atoms with Crippen molar-refractivity contribution in [3.63, 3.8) is 0 Å². The molecule has 0 aromatic heterocycles. The molecule has 0 saturated heterocycles. The van der Waals surface area contributed by atoms with Gasteiger partial charge in [-0.2, -0.15) is 0 Å². The van der Waals surface area contributed by atoms with Crippen LogP contribution in [0, 0.1) is 5.41 Å².